The predicted molar refractivity (Wildman–Crippen MR) is 67.9 cm³/mol. The first-order valence-electron chi connectivity index (χ1n) is 6.14. The minimum absolute atomic E-state index is 0.0669. The van der Waals surface area contributed by atoms with Crippen molar-refractivity contribution in [2.75, 3.05) is 0 Å². The highest BCUT2D eigenvalue weighted by molar-refractivity contribution is 5.94. The van der Waals surface area contributed by atoms with Crippen LogP contribution in [-0.4, -0.2) is 22.9 Å². The predicted octanol–water partition coefficient (Wildman–Crippen LogP) is 3.96. The number of benzene rings is 1. The van der Waals surface area contributed by atoms with E-state index in [-0.39, 0.29) is 23.6 Å². The Kier molecular flexibility index (Phi) is 4.61. The zero-order valence-corrected chi connectivity index (χ0v) is 11.5. The van der Waals surface area contributed by atoms with E-state index in [0.29, 0.717) is 0 Å². The molecule has 0 aliphatic carbocycles. The minimum Gasteiger partial charge on any atom is -0.334 e. The Hall–Kier alpha value is -1.52. The van der Waals surface area contributed by atoms with Gasteiger partial charge in [-0.1, -0.05) is 6.07 Å². The molecule has 0 bridgehead atoms. The summed E-state index contributed by atoms with van der Waals surface area (Å²) in [4.78, 5) is 13.8. The number of alkyl halides is 3. The van der Waals surface area contributed by atoms with Gasteiger partial charge in [0.25, 0.3) is 5.91 Å². The monoisotopic (exact) mass is 273 g/mol. The summed E-state index contributed by atoms with van der Waals surface area (Å²) < 4.78 is 37.9. The molecular formula is C14H18F3NO. The minimum atomic E-state index is -4.43. The molecular weight excluding hydrogens is 255 g/mol. The Morgan fingerprint density at radius 2 is 1.63 bits per heavy atom. The Labute approximate surface area is 111 Å². The molecule has 0 saturated carbocycles. The van der Waals surface area contributed by atoms with Crippen molar-refractivity contribution >= 4 is 5.91 Å². The van der Waals surface area contributed by atoms with Gasteiger partial charge in [0.05, 0.1) is 5.56 Å². The first-order chi connectivity index (χ1) is 8.64. The van der Waals surface area contributed by atoms with Crippen molar-refractivity contribution < 1.29 is 18.0 Å². The molecule has 0 aliphatic heterocycles. The quantitative estimate of drug-likeness (QED) is 0.816. The summed E-state index contributed by atoms with van der Waals surface area (Å²) in [5.41, 5.74) is -0.733. The van der Waals surface area contributed by atoms with Crippen LogP contribution in [0.3, 0.4) is 0 Å². The number of carbonyl (C=O) groups excluding carboxylic acids is 1. The van der Waals surface area contributed by atoms with Gasteiger partial charge in [-0.2, -0.15) is 13.2 Å². The SMILES string of the molecule is CC(C)N(C(=O)c1cccc(C(F)(F)F)c1)C(C)C. The van der Waals surface area contributed by atoms with Gasteiger partial charge in [-0.25, -0.2) is 0 Å². The van der Waals surface area contributed by atoms with Crippen LogP contribution in [0, 0.1) is 0 Å². The first-order valence-corrected chi connectivity index (χ1v) is 6.14. The summed E-state index contributed by atoms with van der Waals surface area (Å²) >= 11 is 0. The van der Waals surface area contributed by atoms with Gasteiger partial charge in [-0.05, 0) is 45.9 Å². The zero-order valence-electron chi connectivity index (χ0n) is 11.5. The molecule has 0 spiro atoms. The maximum Gasteiger partial charge on any atom is 0.416 e. The molecule has 0 heterocycles. The summed E-state index contributed by atoms with van der Waals surface area (Å²) in [5.74, 6) is -0.379. The van der Waals surface area contributed by atoms with Crippen LogP contribution < -0.4 is 0 Å². The Morgan fingerprint density at radius 3 is 2.05 bits per heavy atom. The van der Waals surface area contributed by atoms with E-state index in [1.54, 1.807) is 4.90 Å². The zero-order chi connectivity index (χ0) is 14.8. The van der Waals surface area contributed by atoms with E-state index >= 15 is 0 Å². The summed E-state index contributed by atoms with van der Waals surface area (Å²) in [7, 11) is 0. The lowest BCUT2D eigenvalue weighted by atomic mass is 10.1. The van der Waals surface area contributed by atoms with Crippen molar-refractivity contribution in [1.82, 2.24) is 4.90 Å². The third kappa shape index (κ3) is 3.72. The number of amides is 1. The van der Waals surface area contributed by atoms with Crippen molar-refractivity contribution in [3.05, 3.63) is 35.4 Å². The molecule has 19 heavy (non-hydrogen) atoms. The van der Waals surface area contributed by atoms with Crippen molar-refractivity contribution in [2.24, 2.45) is 0 Å². The molecule has 1 rings (SSSR count). The molecule has 0 unspecified atom stereocenters. The van der Waals surface area contributed by atoms with E-state index in [1.807, 2.05) is 27.7 Å². The van der Waals surface area contributed by atoms with Crippen LogP contribution in [0.5, 0.6) is 0 Å². The standard InChI is InChI=1S/C14H18F3NO/c1-9(2)18(10(3)4)13(19)11-6-5-7-12(8-11)14(15,16)17/h5-10H,1-4H3. The fourth-order valence-corrected chi connectivity index (χ4v) is 2.04. The molecule has 0 atom stereocenters. The number of halogens is 3. The summed E-state index contributed by atoms with van der Waals surface area (Å²) in [6.07, 6.45) is -4.43. The summed E-state index contributed by atoms with van der Waals surface area (Å²) in [6.45, 7) is 7.36. The normalized spacial score (nSPS) is 12.1. The molecule has 0 aliphatic rings. The second kappa shape index (κ2) is 5.63. The Morgan fingerprint density at radius 1 is 1.11 bits per heavy atom. The first kappa shape index (κ1) is 15.5. The second-order valence-corrected chi connectivity index (χ2v) is 4.98. The molecule has 1 aromatic rings. The van der Waals surface area contributed by atoms with Gasteiger partial charge in [0.15, 0.2) is 0 Å². The number of hydrogen-bond donors (Lipinski definition) is 0. The molecule has 1 aromatic carbocycles. The van der Waals surface area contributed by atoms with Crippen LogP contribution in [0.15, 0.2) is 24.3 Å². The lowest BCUT2D eigenvalue weighted by Crippen LogP contribution is -2.42. The maximum atomic E-state index is 12.6. The second-order valence-electron chi connectivity index (χ2n) is 4.98. The molecule has 106 valence electrons. The van der Waals surface area contributed by atoms with E-state index < -0.39 is 11.7 Å². The highest BCUT2D eigenvalue weighted by atomic mass is 19.4. The summed E-state index contributed by atoms with van der Waals surface area (Å²) in [5, 5.41) is 0. The van der Waals surface area contributed by atoms with E-state index in [2.05, 4.69) is 0 Å². The number of hydrogen-bond acceptors (Lipinski definition) is 1. The van der Waals surface area contributed by atoms with Crippen LogP contribution in [0.25, 0.3) is 0 Å². The van der Waals surface area contributed by atoms with Gasteiger partial charge in [-0.3, -0.25) is 4.79 Å². The third-order valence-corrected chi connectivity index (χ3v) is 2.78. The average molecular weight is 273 g/mol. The molecule has 5 heteroatoms. The fourth-order valence-electron chi connectivity index (χ4n) is 2.04. The maximum absolute atomic E-state index is 12.6. The van der Waals surface area contributed by atoms with Gasteiger partial charge in [0.1, 0.15) is 0 Å². The van der Waals surface area contributed by atoms with Crippen molar-refractivity contribution in [1.29, 1.82) is 0 Å². The molecule has 0 aromatic heterocycles. The molecule has 0 fully saturated rings. The molecule has 0 N–H and O–H groups in total. The number of rotatable bonds is 3. The lowest BCUT2D eigenvalue weighted by molar-refractivity contribution is -0.137. The van der Waals surface area contributed by atoms with Crippen molar-refractivity contribution in [2.45, 2.75) is 46.0 Å². The Balaban J connectivity index is 3.13. The number of nitrogens with zero attached hydrogens (tertiary/aromatic N) is 1. The van der Waals surface area contributed by atoms with E-state index in [4.69, 9.17) is 0 Å². The van der Waals surface area contributed by atoms with E-state index in [9.17, 15) is 18.0 Å². The molecule has 0 saturated heterocycles. The molecule has 2 nitrogen and oxygen atoms in total. The van der Waals surface area contributed by atoms with E-state index in [1.165, 1.54) is 12.1 Å². The van der Waals surface area contributed by atoms with Crippen LogP contribution in [-0.2, 0) is 6.18 Å². The smallest absolute Gasteiger partial charge is 0.334 e. The topological polar surface area (TPSA) is 20.3 Å². The van der Waals surface area contributed by atoms with Crippen LogP contribution in [0.2, 0.25) is 0 Å². The molecule has 0 radical (unpaired) electrons. The third-order valence-electron chi connectivity index (χ3n) is 2.78. The van der Waals surface area contributed by atoms with Crippen molar-refractivity contribution in [3.63, 3.8) is 0 Å². The summed E-state index contributed by atoms with van der Waals surface area (Å²) in [6, 6.07) is 4.40. The fraction of sp³-hybridized carbons (Fsp3) is 0.500. The highest BCUT2D eigenvalue weighted by Gasteiger charge is 2.31. The van der Waals surface area contributed by atoms with Gasteiger partial charge in [0.2, 0.25) is 0 Å². The van der Waals surface area contributed by atoms with Gasteiger partial charge in [-0.15, -0.1) is 0 Å². The average Bonchev–Trinajstić information content (AvgIpc) is 2.27. The van der Waals surface area contributed by atoms with Crippen LogP contribution in [0.4, 0.5) is 13.2 Å². The van der Waals surface area contributed by atoms with Crippen LogP contribution in [0.1, 0.15) is 43.6 Å². The van der Waals surface area contributed by atoms with Gasteiger partial charge in [0, 0.05) is 17.6 Å². The largest absolute Gasteiger partial charge is 0.416 e. The number of carbonyl (C=O) groups is 1. The van der Waals surface area contributed by atoms with Gasteiger partial charge < -0.3 is 4.90 Å². The van der Waals surface area contributed by atoms with Crippen LogP contribution >= 0.6 is 0 Å². The van der Waals surface area contributed by atoms with E-state index in [0.717, 1.165) is 12.1 Å². The molecule has 1 amide bonds. The van der Waals surface area contributed by atoms with Crippen molar-refractivity contribution in [3.8, 4) is 0 Å². The lowest BCUT2D eigenvalue weighted by Gasteiger charge is -2.31. The van der Waals surface area contributed by atoms with Gasteiger partial charge >= 0.3 is 6.18 Å². The Bertz CT molecular complexity index is 444. The highest BCUT2D eigenvalue weighted by Crippen LogP contribution is 2.30.